The Labute approximate surface area is 184 Å². The van der Waals surface area contributed by atoms with Gasteiger partial charge in [0.25, 0.3) is 0 Å². The van der Waals surface area contributed by atoms with Crippen LogP contribution in [0.5, 0.6) is 5.75 Å². The lowest BCUT2D eigenvalue weighted by Gasteiger charge is -2.13. The van der Waals surface area contributed by atoms with Crippen molar-refractivity contribution in [2.24, 2.45) is 4.99 Å². The number of thiazole rings is 1. The number of aryl methyl sites for hydroxylation is 3. The number of halogens is 1. The number of hydrogen-bond donors (Lipinski definition) is 2. The van der Waals surface area contributed by atoms with E-state index >= 15 is 0 Å². The van der Waals surface area contributed by atoms with Crippen LogP contribution in [0.4, 0.5) is 0 Å². The first kappa shape index (κ1) is 23.7. The zero-order valence-corrected chi connectivity index (χ0v) is 19.8. The van der Waals surface area contributed by atoms with E-state index in [1.54, 1.807) is 25.5 Å². The fraction of sp³-hybridized carbons (Fsp3) is 0.500. The second-order valence-electron chi connectivity index (χ2n) is 6.33. The van der Waals surface area contributed by atoms with Crippen LogP contribution >= 0.6 is 35.3 Å². The maximum Gasteiger partial charge on any atom is 0.190 e. The highest BCUT2D eigenvalue weighted by molar-refractivity contribution is 14.0. The van der Waals surface area contributed by atoms with E-state index in [1.807, 2.05) is 13.0 Å². The van der Waals surface area contributed by atoms with Gasteiger partial charge >= 0.3 is 0 Å². The van der Waals surface area contributed by atoms with Gasteiger partial charge in [-0.15, -0.1) is 35.3 Å². The number of aliphatic imine (C=N–C) groups is 1. The summed E-state index contributed by atoms with van der Waals surface area (Å²) < 4.78 is 5.44. The van der Waals surface area contributed by atoms with Crippen molar-refractivity contribution in [1.29, 1.82) is 0 Å². The molecule has 0 aliphatic rings. The molecular weight excluding hydrogens is 471 g/mol. The highest BCUT2D eigenvalue weighted by atomic mass is 127. The van der Waals surface area contributed by atoms with E-state index in [0.717, 1.165) is 56.2 Å². The monoisotopic (exact) mass is 502 g/mol. The Kier molecular flexibility index (Phi) is 11.3. The number of methoxy groups -OCH3 is 1. The van der Waals surface area contributed by atoms with Gasteiger partial charge in [0.05, 0.1) is 12.1 Å². The molecule has 2 N–H and O–H groups in total. The standard InChI is InChI=1S/C20H30N4OS.HI/c1-15-8-9-18(25-4)17(13-15)10-12-23-20(21-3)22-11-6-5-7-19-24-16(2)14-26-19;/h8-9,13-14H,5-7,10-12H2,1-4H3,(H2,21,22,23);1H. The molecule has 0 atom stereocenters. The fourth-order valence-corrected chi connectivity index (χ4v) is 3.58. The zero-order chi connectivity index (χ0) is 18.8. The molecule has 2 aromatic rings. The second kappa shape index (κ2) is 12.9. The quantitative estimate of drug-likeness (QED) is 0.235. The maximum absolute atomic E-state index is 5.44. The molecule has 0 unspecified atom stereocenters. The lowest BCUT2D eigenvalue weighted by atomic mass is 10.1. The number of ether oxygens (including phenoxy) is 1. The number of nitrogens with zero attached hydrogens (tertiary/aromatic N) is 2. The summed E-state index contributed by atoms with van der Waals surface area (Å²) in [5, 5.41) is 10.1. The molecule has 0 spiro atoms. The van der Waals surface area contributed by atoms with Crippen LogP contribution in [-0.2, 0) is 12.8 Å². The van der Waals surface area contributed by atoms with Crippen molar-refractivity contribution >= 4 is 41.3 Å². The van der Waals surface area contributed by atoms with Gasteiger partial charge < -0.3 is 15.4 Å². The molecule has 5 nitrogen and oxygen atoms in total. The molecule has 2 rings (SSSR count). The van der Waals surface area contributed by atoms with Gasteiger partial charge in [0, 0.05) is 31.2 Å². The molecule has 0 aliphatic carbocycles. The van der Waals surface area contributed by atoms with E-state index < -0.39 is 0 Å². The number of benzene rings is 1. The Hall–Kier alpha value is -1.35. The normalized spacial score (nSPS) is 11.0. The average Bonchev–Trinajstić information content (AvgIpc) is 3.05. The van der Waals surface area contributed by atoms with E-state index in [0.29, 0.717) is 0 Å². The number of nitrogens with one attached hydrogen (secondary N) is 2. The van der Waals surface area contributed by atoms with Crippen LogP contribution in [0.2, 0.25) is 0 Å². The van der Waals surface area contributed by atoms with Crippen LogP contribution in [0, 0.1) is 13.8 Å². The molecule has 1 heterocycles. The van der Waals surface area contributed by atoms with E-state index in [9.17, 15) is 0 Å². The van der Waals surface area contributed by atoms with Crippen molar-refractivity contribution in [1.82, 2.24) is 15.6 Å². The van der Waals surface area contributed by atoms with Crippen molar-refractivity contribution < 1.29 is 4.74 Å². The van der Waals surface area contributed by atoms with Gasteiger partial charge in [0.15, 0.2) is 5.96 Å². The molecule has 7 heteroatoms. The van der Waals surface area contributed by atoms with Crippen molar-refractivity contribution in [3.8, 4) is 5.75 Å². The minimum atomic E-state index is 0. The van der Waals surface area contributed by atoms with Gasteiger partial charge in [-0.3, -0.25) is 4.99 Å². The molecule has 27 heavy (non-hydrogen) atoms. The molecule has 0 bridgehead atoms. The molecular formula is C20H31IN4OS. The molecule has 0 fully saturated rings. The largest absolute Gasteiger partial charge is 0.496 e. The fourth-order valence-electron chi connectivity index (χ4n) is 2.76. The minimum absolute atomic E-state index is 0. The number of rotatable bonds is 9. The Bertz CT molecular complexity index is 718. The first-order chi connectivity index (χ1) is 12.6. The van der Waals surface area contributed by atoms with Gasteiger partial charge in [0.1, 0.15) is 5.75 Å². The zero-order valence-electron chi connectivity index (χ0n) is 16.7. The van der Waals surface area contributed by atoms with Gasteiger partial charge in [-0.2, -0.15) is 0 Å². The van der Waals surface area contributed by atoms with Crippen LogP contribution in [0.1, 0.15) is 34.7 Å². The van der Waals surface area contributed by atoms with Crippen LogP contribution in [0.25, 0.3) is 0 Å². The number of aromatic nitrogens is 1. The molecule has 1 aromatic heterocycles. The first-order valence-corrected chi connectivity index (χ1v) is 9.99. The van der Waals surface area contributed by atoms with Crippen LogP contribution in [0.3, 0.4) is 0 Å². The molecule has 0 amide bonds. The van der Waals surface area contributed by atoms with Crippen molar-refractivity contribution in [2.75, 3.05) is 27.2 Å². The summed E-state index contributed by atoms with van der Waals surface area (Å²) in [4.78, 5) is 8.79. The number of hydrogen-bond acceptors (Lipinski definition) is 4. The van der Waals surface area contributed by atoms with Crippen molar-refractivity contribution in [3.05, 3.63) is 45.4 Å². The van der Waals surface area contributed by atoms with Crippen molar-refractivity contribution in [2.45, 2.75) is 39.5 Å². The van der Waals surface area contributed by atoms with Crippen molar-refractivity contribution in [3.63, 3.8) is 0 Å². The summed E-state index contributed by atoms with van der Waals surface area (Å²) in [6.45, 7) is 5.88. The lowest BCUT2D eigenvalue weighted by Crippen LogP contribution is -2.38. The molecule has 0 saturated carbocycles. The van der Waals surface area contributed by atoms with E-state index in [1.165, 1.54) is 16.1 Å². The summed E-state index contributed by atoms with van der Waals surface area (Å²) in [5.74, 6) is 1.79. The number of guanidine groups is 1. The summed E-state index contributed by atoms with van der Waals surface area (Å²) in [7, 11) is 3.52. The summed E-state index contributed by atoms with van der Waals surface area (Å²) in [5.41, 5.74) is 3.59. The Morgan fingerprint density at radius 2 is 1.93 bits per heavy atom. The van der Waals surface area contributed by atoms with Gasteiger partial charge in [0.2, 0.25) is 0 Å². The van der Waals surface area contributed by atoms with Gasteiger partial charge in [-0.05, 0) is 51.2 Å². The van der Waals surface area contributed by atoms with Crippen LogP contribution < -0.4 is 15.4 Å². The summed E-state index contributed by atoms with van der Waals surface area (Å²) in [6.07, 6.45) is 4.19. The summed E-state index contributed by atoms with van der Waals surface area (Å²) >= 11 is 1.75. The van der Waals surface area contributed by atoms with Crippen LogP contribution in [0.15, 0.2) is 28.6 Å². The third kappa shape index (κ3) is 8.47. The Balaban J connectivity index is 0.00000364. The Morgan fingerprint density at radius 1 is 1.15 bits per heavy atom. The lowest BCUT2D eigenvalue weighted by molar-refractivity contribution is 0.409. The van der Waals surface area contributed by atoms with Gasteiger partial charge in [-0.25, -0.2) is 4.98 Å². The highest BCUT2D eigenvalue weighted by Crippen LogP contribution is 2.19. The second-order valence-corrected chi connectivity index (χ2v) is 7.27. The van der Waals surface area contributed by atoms with E-state index in [2.05, 4.69) is 45.0 Å². The maximum atomic E-state index is 5.44. The highest BCUT2D eigenvalue weighted by Gasteiger charge is 2.04. The van der Waals surface area contributed by atoms with Gasteiger partial charge in [-0.1, -0.05) is 17.7 Å². The van der Waals surface area contributed by atoms with E-state index in [-0.39, 0.29) is 24.0 Å². The molecule has 0 radical (unpaired) electrons. The molecule has 0 aliphatic heterocycles. The first-order valence-electron chi connectivity index (χ1n) is 9.11. The molecule has 150 valence electrons. The number of unbranched alkanes of at least 4 members (excludes halogenated alkanes) is 1. The Morgan fingerprint density at radius 3 is 2.59 bits per heavy atom. The van der Waals surface area contributed by atoms with Crippen LogP contribution in [-0.4, -0.2) is 38.2 Å². The van der Waals surface area contributed by atoms with E-state index in [4.69, 9.17) is 4.74 Å². The average molecular weight is 502 g/mol. The third-order valence-electron chi connectivity index (χ3n) is 4.12. The predicted octanol–water partition coefficient (Wildman–Crippen LogP) is 4.12. The minimum Gasteiger partial charge on any atom is -0.496 e. The third-order valence-corrected chi connectivity index (χ3v) is 5.15. The topological polar surface area (TPSA) is 58.5 Å². The SMILES string of the molecule is CN=C(NCCCCc1nc(C)cs1)NCCc1cc(C)ccc1OC.I. The molecule has 1 aromatic carbocycles. The smallest absolute Gasteiger partial charge is 0.190 e. The molecule has 0 saturated heterocycles. The predicted molar refractivity (Wildman–Crippen MR) is 126 cm³/mol. The summed E-state index contributed by atoms with van der Waals surface area (Å²) in [6, 6.07) is 6.28.